The van der Waals surface area contributed by atoms with Gasteiger partial charge >= 0.3 is 0 Å². The van der Waals surface area contributed by atoms with Gasteiger partial charge in [-0.15, -0.1) is 24.8 Å². The number of rotatable bonds is 5. The molecule has 8 heteroatoms. The number of anilines is 1. The second-order valence-corrected chi connectivity index (χ2v) is 7.35. The molecular formula is C18H31Cl2N3O3. The van der Waals surface area contributed by atoms with E-state index in [-0.39, 0.29) is 42.2 Å². The maximum atomic E-state index is 12.3. The zero-order valence-corrected chi connectivity index (χ0v) is 17.7. The van der Waals surface area contributed by atoms with Crippen LogP contribution in [0.3, 0.4) is 0 Å². The molecule has 1 aliphatic heterocycles. The summed E-state index contributed by atoms with van der Waals surface area (Å²) in [7, 11) is 3.28. The molecule has 1 fully saturated rings. The first-order valence-corrected chi connectivity index (χ1v) is 8.28. The fourth-order valence-electron chi connectivity index (χ4n) is 2.77. The van der Waals surface area contributed by atoms with Gasteiger partial charge in [0.15, 0.2) is 0 Å². The van der Waals surface area contributed by atoms with Gasteiger partial charge in [-0.1, -0.05) is 20.8 Å². The molecule has 1 aromatic rings. The highest BCUT2D eigenvalue weighted by Gasteiger charge is 2.31. The first-order chi connectivity index (χ1) is 11.2. The van der Waals surface area contributed by atoms with Gasteiger partial charge in [0, 0.05) is 43.0 Å². The van der Waals surface area contributed by atoms with Gasteiger partial charge in [-0.3, -0.25) is 4.79 Å². The Labute approximate surface area is 168 Å². The summed E-state index contributed by atoms with van der Waals surface area (Å²) < 4.78 is 10.6. The molecular weight excluding hydrogens is 377 g/mol. The lowest BCUT2D eigenvalue weighted by Crippen LogP contribution is -2.51. The predicted molar refractivity (Wildman–Crippen MR) is 110 cm³/mol. The van der Waals surface area contributed by atoms with Crippen LogP contribution < -0.4 is 25.4 Å². The summed E-state index contributed by atoms with van der Waals surface area (Å²) in [5.74, 6) is 1.43. The molecule has 1 aliphatic rings. The average Bonchev–Trinajstić information content (AvgIpc) is 3.01. The van der Waals surface area contributed by atoms with Crippen molar-refractivity contribution in [3.8, 4) is 11.5 Å². The van der Waals surface area contributed by atoms with Crippen LogP contribution in [0.2, 0.25) is 0 Å². The van der Waals surface area contributed by atoms with Crippen LogP contribution in [0, 0.1) is 5.41 Å². The van der Waals surface area contributed by atoms with Crippen molar-refractivity contribution in [1.29, 1.82) is 0 Å². The molecule has 0 saturated carbocycles. The number of methoxy groups -OCH3 is 2. The Morgan fingerprint density at radius 3 is 2.19 bits per heavy atom. The van der Waals surface area contributed by atoms with Gasteiger partial charge in [-0.25, -0.2) is 0 Å². The number of nitrogens with one attached hydrogen (secondary N) is 1. The van der Waals surface area contributed by atoms with E-state index in [1.54, 1.807) is 14.2 Å². The summed E-state index contributed by atoms with van der Waals surface area (Å²) in [5.41, 5.74) is 6.82. The number of hydrogen-bond donors (Lipinski definition) is 2. The molecule has 0 spiro atoms. The Kier molecular flexibility index (Phi) is 9.56. The number of hydrogen-bond acceptors (Lipinski definition) is 5. The summed E-state index contributed by atoms with van der Waals surface area (Å²) in [6.45, 7) is 7.53. The van der Waals surface area contributed by atoms with Crippen molar-refractivity contribution in [2.45, 2.75) is 39.3 Å². The molecule has 1 saturated heterocycles. The molecule has 150 valence electrons. The number of ether oxygens (including phenoxy) is 2. The van der Waals surface area contributed by atoms with Gasteiger partial charge < -0.3 is 25.4 Å². The molecule has 0 aromatic heterocycles. The average molecular weight is 408 g/mol. The third kappa shape index (κ3) is 6.11. The smallest absolute Gasteiger partial charge is 0.237 e. The van der Waals surface area contributed by atoms with Gasteiger partial charge in [-0.05, 0) is 11.8 Å². The third-order valence-electron chi connectivity index (χ3n) is 4.45. The molecule has 0 aliphatic carbocycles. The van der Waals surface area contributed by atoms with Crippen LogP contribution >= 0.6 is 24.8 Å². The normalized spacial score (nSPS) is 17.6. The quantitative estimate of drug-likeness (QED) is 0.784. The zero-order chi connectivity index (χ0) is 17.9. The van der Waals surface area contributed by atoms with E-state index >= 15 is 0 Å². The van der Waals surface area contributed by atoms with Crippen LogP contribution in [0.1, 0.15) is 27.2 Å². The predicted octanol–water partition coefficient (Wildman–Crippen LogP) is 2.62. The summed E-state index contributed by atoms with van der Waals surface area (Å²) in [5, 5.41) is 3.07. The van der Waals surface area contributed by atoms with E-state index in [1.807, 2.05) is 39.0 Å². The van der Waals surface area contributed by atoms with Gasteiger partial charge in [0.1, 0.15) is 11.5 Å². The van der Waals surface area contributed by atoms with Crippen LogP contribution in [0.25, 0.3) is 0 Å². The van der Waals surface area contributed by atoms with Crippen molar-refractivity contribution in [3.63, 3.8) is 0 Å². The van der Waals surface area contributed by atoms with E-state index < -0.39 is 6.04 Å². The largest absolute Gasteiger partial charge is 0.497 e. The van der Waals surface area contributed by atoms with E-state index in [1.165, 1.54) is 0 Å². The molecule has 1 amide bonds. The summed E-state index contributed by atoms with van der Waals surface area (Å²) in [6, 6.07) is 5.40. The van der Waals surface area contributed by atoms with Crippen molar-refractivity contribution in [2.75, 3.05) is 32.2 Å². The fourth-order valence-corrected chi connectivity index (χ4v) is 2.77. The Bertz CT molecular complexity index is 571. The lowest BCUT2D eigenvalue weighted by Gasteiger charge is -2.27. The SMILES string of the molecule is COc1cc(OC)cc(N2CCC(NC(=O)[C@@H](N)C(C)(C)C)C2)c1.Cl.Cl. The standard InChI is InChI=1S/C18H29N3O3.2ClH/c1-18(2,3)16(19)17(22)20-12-6-7-21(11-12)13-8-14(23-4)10-15(9-13)24-5;;/h8-10,12,16H,6-7,11,19H2,1-5H3,(H,20,22);2*1H/t12?,16-;;/m1../s1. The molecule has 26 heavy (non-hydrogen) atoms. The molecule has 1 heterocycles. The van der Waals surface area contributed by atoms with E-state index in [2.05, 4.69) is 10.2 Å². The van der Waals surface area contributed by atoms with Gasteiger partial charge in [-0.2, -0.15) is 0 Å². The highest BCUT2D eigenvalue weighted by molar-refractivity contribution is 5.85. The van der Waals surface area contributed by atoms with Crippen molar-refractivity contribution in [2.24, 2.45) is 11.1 Å². The molecule has 1 aromatic carbocycles. The number of carbonyl (C=O) groups is 1. The van der Waals surface area contributed by atoms with Crippen molar-refractivity contribution < 1.29 is 14.3 Å². The van der Waals surface area contributed by atoms with E-state index in [9.17, 15) is 4.79 Å². The highest BCUT2D eigenvalue weighted by Crippen LogP contribution is 2.30. The minimum absolute atomic E-state index is 0. The second-order valence-electron chi connectivity index (χ2n) is 7.35. The van der Waals surface area contributed by atoms with Crippen molar-refractivity contribution >= 4 is 36.4 Å². The van der Waals surface area contributed by atoms with Crippen LogP contribution in [-0.4, -0.2) is 45.3 Å². The summed E-state index contributed by atoms with van der Waals surface area (Å²) in [4.78, 5) is 14.5. The topological polar surface area (TPSA) is 76.8 Å². The molecule has 6 nitrogen and oxygen atoms in total. The maximum Gasteiger partial charge on any atom is 0.237 e. The van der Waals surface area contributed by atoms with E-state index in [0.717, 1.165) is 36.7 Å². The Balaban J connectivity index is 0.00000312. The monoisotopic (exact) mass is 407 g/mol. The first kappa shape index (κ1) is 24.6. The minimum atomic E-state index is -0.511. The number of nitrogens with zero attached hydrogens (tertiary/aromatic N) is 1. The van der Waals surface area contributed by atoms with E-state index in [4.69, 9.17) is 15.2 Å². The first-order valence-electron chi connectivity index (χ1n) is 8.28. The molecule has 2 atom stereocenters. The second kappa shape index (κ2) is 10.1. The number of halogens is 2. The molecule has 3 N–H and O–H groups in total. The van der Waals surface area contributed by atoms with Crippen LogP contribution in [0.5, 0.6) is 11.5 Å². The lowest BCUT2D eigenvalue weighted by atomic mass is 9.87. The Hall–Kier alpha value is -1.37. The summed E-state index contributed by atoms with van der Waals surface area (Å²) in [6.07, 6.45) is 0.891. The number of carbonyl (C=O) groups excluding carboxylic acids is 1. The maximum absolute atomic E-state index is 12.3. The highest BCUT2D eigenvalue weighted by atomic mass is 35.5. The fraction of sp³-hybridized carbons (Fsp3) is 0.611. The van der Waals surface area contributed by atoms with Crippen molar-refractivity contribution in [1.82, 2.24) is 5.32 Å². The Morgan fingerprint density at radius 2 is 1.73 bits per heavy atom. The number of nitrogens with two attached hydrogens (primary N) is 1. The third-order valence-corrected chi connectivity index (χ3v) is 4.45. The van der Waals surface area contributed by atoms with Gasteiger partial charge in [0.05, 0.1) is 20.3 Å². The minimum Gasteiger partial charge on any atom is -0.497 e. The van der Waals surface area contributed by atoms with Gasteiger partial charge in [0.25, 0.3) is 0 Å². The number of amides is 1. The van der Waals surface area contributed by atoms with Gasteiger partial charge in [0.2, 0.25) is 5.91 Å². The van der Waals surface area contributed by atoms with Crippen LogP contribution in [0.15, 0.2) is 18.2 Å². The molecule has 2 rings (SSSR count). The van der Waals surface area contributed by atoms with Crippen molar-refractivity contribution in [3.05, 3.63) is 18.2 Å². The molecule has 0 radical (unpaired) electrons. The Morgan fingerprint density at radius 1 is 1.19 bits per heavy atom. The van der Waals surface area contributed by atoms with Crippen LogP contribution in [0.4, 0.5) is 5.69 Å². The number of benzene rings is 1. The lowest BCUT2D eigenvalue weighted by molar-refractivity contribution is -0.125. The van der Waals surface area contributed by atoms with E-state index in [0.29, 0.717) is 0 Å². The zero-order valence-electron chi connectivity index (χ0n) is 16.1. The molecule has 0 bridgehead atoms. The summed E-state index contributed by atoms with van der Waals surface area (Å²) >= 11 is 0. The molecule has 1 unspecified atom stereocenters. The van der Waals surface area contributed by atoms with Crippen LogP contribution in [-0.2, 0) is 4.79 Å².